The van der Waals surface area contributed by atoms with E-state index in [2.05, 4.69) is 35.8 Å². The Kier molecular flexibility index (Phi) is 4.22. The normalized spacial score (nSPS) is 11.9. The lowest BCUT2D eigenvalue weighted by atomic mass is 10.1. The van der Waals surface area contributed by atoms with E-state index in [1.165, 1.54) is 7.11 Å². The minimum Gasteiger partial charge on any atom is -0.494 e. The van der Waals surface area contributed by atoms with Crippen molar-refractivity contribution >= 4 is 10.9 Å². The molecule has 0 spiro atoms. The Morgan fingerprint density at radius 3 is 2.62 bits per heavy atom. The zero-order valence-corrected chi connectivity index (χ0v) is 17.0. The minimum atomic E-state index is -0.297. The van der Waals surface area contributed by atoms with Crippen molar-refractivity contribution in [1.82, 2.24) is 24.3 Å². The van der Waals surface area contributed by atoms with Gasteiger partial charge >= 0.3 is 0 Å². The summed E-state index contributed by atoms with van der Waals surface area (Å²) in [6.07, 6.45) is 6.99. The molecule has 0 aliphatic heterocycles. The molecule has 4 aromatic rings. The molecule has 0 saturated carbocycles. The van der Waals surface area contributed by atoms with Crippen LogP contribution in [-0.4, -0.2) is 36.5 Å². The Morgan fingerprint density at radius 2 is 1.97 bits per heavy atom. The Hall–Kier alpha value is -3.55. The molecule has 29 heavy (non-hydrogen) atoms. The molecule has 8 heteroatoms. The van der Waals surface area contributed by atoms with Crippen LogP contribution in [0, 0.1) is 6.92 Å². The van der Waals surface area contributed by atoms with Crippen molar-refractivity contribution in [3.8, 4) is 28.6 Å². The molecular formula is C21H23N5O3. The van der Waals surface area contributed by atoms with E-state index in [4.69, 9.17) is 4.74 Å². The van der Waals surface area contributed by atoms with Gasteiger partial charge in [0.2, 0.25) is 5.88 Å². The highest BCUT2D eigenvalue weighted by atomic mass is 16.5. The molecule has 0 aliphatic rings. The van der Waals surface area contributed by atoms with Gasteiger partial charge in [0.05, 0.1) is 41.1 Å². The summed E-state index contributed by atoms with van der Waals surface area (Å²) >= 11 is 0. The zero-order valence-electron chi connectivity index (χ0n) is 17.0. The van der Waals surface area contributed by atoms with Gasteiger partial charge in [-0.25, -0.2) is 4.98 Å². The average Bonchev–Trinajstić information content (AvgIpc) is 3.27. The van der Waals surface area contributed by atoms with Crippen LogP contribution >= 0.6 is 0 Å². The predicted molar refractivity (Wildman–Crippen MR) is 111 cm³/mol. The van der Waals surface area contributed by atoms with Crippen LogP contribution in [0.2, 0.25) is 0 Å². The van der Waals surface area contributed by atoms with Gasteiger partial charge in [0, 0.05) is 24.2 Å². The molecule has 0 aromatic carbocycles. The van der Waals surface area contributed by atoms with Crippen LogP contribution in [0.4, 0.5) is 0 Å². The number of nitrogens with one attached hydrogen (secondary N) is 1. The molecule has 0 bridgehead atoms. The zero-order chi connectivity index (χ0) is 20.9. The van der Waals surface area contributed by atoms with Gasteiger partial charge in [-0.1, -0.05) is 0 Å². The van der Waals surface area contributed by atoms with Crippen molar-refractivity contribution in [3.63, 3.8) is 0 Å². The maximum atomic E-state index is 11.7. The van der Waals surface area contributed by atoms with Crippen LogP contribution in [-0.2, 0) is 5.54 Å². The second kappa shape index (κ2) is 6.51. The van der Waals surface area contributed by atoms with E-state index in [1.54, 1.807) is 29.2 Å². The molecule has 150 valence electrons. The fraction of sp³-hybridized carbons (Fsp3) is 0.286. The number of hydrogen-bond donors (Lipinski definition) is 2. The molecule has 0 unspecified atom stereocenters. The fourth-order valence-corrected chi connectivity index (χ4v) is 3.30. The standard InChI is InChI=1S/C21H23N5O3/c1-12-6-15(13-7-17(29-5)19(27)22-8-13)24-16-11-25(20(28)18(12)16)14-9-23-26(10-14)21(2,3)4/h6-11,28H,1-5H3,(H,22,27). The summed E-state index contributed by atoms with van der Waals surface area (Å²) in [4.78, 5) is 19.1. The maximum Gasteiger partial charge on any atom is 0.290 e. The van der Waals surface area contributed by atoms with Crippen molar-refractivity contribution < 1.29 is 9.84 Å². The molecule has 0 fully saturated rings. The number of nitrogens with zero attached hydrogens (tertiary/aromatic N) is 4. The molecule has 0 aliphatic carbocycles. The number of aryl methyl sites for hydroxylation is 1. The van der Waals surface area contributed by atoms with Crippen LogP contribution in [0.1, 0.15) is 26.3 Å². The average molecular weight is 393 g/mol. The summed E-state index contributed by atoms with van der Waals surface area (Å²) in [7, 11) is 1.45. The molecule has 4 aromatic heterocycles. The Labute approximate surface area is 167 Å². The van der Waals surface area contributed by atoms with Gasteiger partial charge in [-0.05, 0) is 45.4 Å². The second-order valence-electron chi connectivity index (χ2n) is 8.01. The summed E-state index contributed by atoms with van der Waals surface area (Å²) in [6.45, 7) is 8.10. The molecule has 2 N–H and O–H groups in total. The van der Waals surface area contributed by atoms with Gasteiger partial charge in [-0.15, -0.1) is 0 Å². The lowest BCUT2D eigenvalue weighted by Crippen LogP contribution is -2.21. The molecular weight excluding hydrogens is 370 g/mol. The summed E-state index contributed by atoms with van der Waals surface area (Å²) in [5, 5.41) is 15.9. The van der Waals surface area contributed by atoms with Crippen LogP contribution in [0.25, 0.3) is 27.8 Å². The monoisotopic (exact) mass is 393 g/mol. The van der Waals surface area contributed by atoms with Crippen molar-refractivity contribution in [2.45, 2.75) is 33.2 Å². The summed E-state index contributed by atoms with van der Waals surface area (Å²) in [5.74, 6) is 0.334. The van der Waals surface area contributed by atoms with Crippen molar-refractivity contribution in [3.05, 3.63) is 52.8 Å². The molecule has 4 heterocycles. The first-order valence-corrected chi connectivity index (χ1v) is 9.23. The summed E-state index contributed by atoms with van der Waals surface area (Å²) in [5.41, 5.74) is 3.20. The SMILES string of the molecule is COc1cc(-c2cc(C)c3c(O)n(-c4cnn(C(C)(C)C)c4)cc3n2)c[nH]c1=O. The number of ether oxygens (including phenoxy) is 1. The Bertz CT molecular complexity index is 1270. The number of pyridine rings is 2. The largest absolute Gasteiger partial charge is 0.494 e. The van der Waals surface area contributed by atoms with E-state index < -0.39 is 0 Å². The molecule has 8 nitrogen and oxygen atoms in total. The number of rotatable bonds is 3. The number of aromatic hydroxyl groups is 1. The highest BCUT2D eigenvalue weighted by Gasteiger charge is 2.19. The smallest absolute Gasteiger partial charge is 0.290 e. The number of hydrogen-bond acceptors (Lipinski definition) is 5. The first-order chi connectivity index (χ1) is 13.7. The molecule has 0 saturated heterocycles. The summed E-state index contributed by atoms with van der Waals surface area (Å²) < 4.78 is 8.64. The minimum absolute atomic E-state index is 0.115. The third kappa shape index (κ3) is 3.16. The molecule has 0 atom stereocenters. The quantitative estimate of drug-likeness (QED) is 0.556. The topological polar surface area (TPSA) is 98.0 Å². The van der Waals surface area contributed by atoms with Gasteiger partial charge in [-0.2, -0.15) is 5.10 Å². The van der Waals surface area contributed by atoms with Crippen LogP contribution in [0.15, 0.2) is 41.7 Å². The summed E-state index contributed by atoms with van der Waals surface area (Å²) in [6, 6.07) is 3.52. The number of aromatic nitrogens is 5. The highest BCUT2D eigenvalue weighted by Crippen LogP contribution is 2.34. The van der Waals surface area contributed by atoms with E-state index in [0.717, 1.165) is 16.8 Å². The van der Waals surface area contributed by atoms with E-state index in [1.807, 2.05) is 23.9 Å². The van der Waals surface area contributed by atoms with Crippen molar-refractivity contribution in [2.24, 2.45) is 0 Å². The van der Waals surface area contributed by atoms with Crippen LogP contribution in [0.5, 0.6) is 11.6 Å². The first kappa shape index (κ1) is 18.8. The molecule has 0 amide bonds. The highest BCUT2D eigenvalue weighted by molar-refractivity contribution is 5.90. The second-order valence-corrected chi connectivity index (χ2v) is 8.01. The number of H-pyrrole nitrogens is 1. The van der Waals surface area contributed by atoms with E-state index in [-0.39, 0.29) is 22.7 Å². The van der Waals surface area contributed by atoms with Crippen molar-refractivity contribution in [2.75, 3.05) is 7.11 Å². The van der Waals surface area contributed by atoms with E-state index >= 15 is 0 Å². The molecule has 0 radical (unpaired) electrons. The number of methoxy groups -OCH3 is 1. The Balaban J connectivity index is 1.85. The lowest BCUT2D eigenvalue weighted by Gasteiger charge is -2.18. The van der Waals surface area contributed by atoms with Gasteiger partial charge in [0.25, 0.3) is 5.56 Å². The van der Waals surface area contributed by atoms with Crippen LogP contribution < -0.4 is 10.3 Å². The fourth-order valence-electron chi connectivity index (χ4n) is 3.30. The molecule has 4 rings (SSSR count). The number of aromatic amines is 1. The third-order valence-corrected chi connectivity index (χ3v) is 4.87. The van der Waals surface area contributed by atoms with Gasteiger partial charge in [0.1, 0.15) is 0 Å². The van der Waals surface area contributed by atoms with Gasteiger partial charge in [0.15, 0.2) is 5.75 Å². The number of fused-ring (bicyclic) bond motifs is 1. The maximum absolute atomic E-state index is 11.7. The van der Waals surface area contributed by atoms with Crippen LogP contribution in [0.3, 0.4) is 0 Å². The predicted octanol–water partition coefficient (Wildman–Crippen LogP) is 3.35. The van der Waals surface area contributed by atoms with E-state index in [0.29, 0.717) is 16.6 Å². The first-order valence-electron chi connectivity index (χ1n) is 9.23. The third-order valence-electron chi connectivity index (χ3n) is 4.87. The van der Waals surface area contributed by atoms with Gasteiger partial charge in [-0.3, -0.25) is 14.0 Å². The Morgan fingerprint density at radius 1 is 1.21 bits per heavy atom. The van der Waals surface area contributed by atoms with Crippen molar-refractivity contribution in [1.29, 1.82) is 0 Å². The lowest BCUT2D eigenvalue weighted by molar-refractivity contribution is 0.355. The van der Waals surface area contributed by atoms with Gasteiger partial charge < -0.3 is 14.8 Å². The van der Waals surface area contributed by atoms with E-state index in [9.17, 15) is 9.90 Å².